The highest BCUT2D eigenvalue weighted by molar-refractivity contribution is 6.29. The van der Waals surface area contributed by atoms with E-state index in [9.17, 15) is 0 Å². The summed E-state index contributed by atoms with van der Waals surface area (Å²) in [5, 5.41) is 4.04. The molecule has 0 saturated carbocycles. The van der Waals surface area contributed by atoms with Crippen molar-refractivity contribution in [2.45, 2.75) is 38.3 Å². The number of nitrogens with one attached hydrogen (secondary N) is 1. The van der Waals surface area contributed by atoms with Crippen molar-refractivity contribution in [1.29, 1.82) is 0 Å². The number of ether oxygens (including phenoxy) is 1. The summed E-state index contributed by atoms with van der Waals surface area (Å²) in [5.41, 5.74) is 1.08. The van der Waals surface area contributed by atoms with E-state index < -0.39 is 0 Å². The third-order valence-corrected chi connectivity index (χ3v) is 3.30. The highest BCUT2D eigenvalue weighted by Crippen LogP contribution is 2.11. The van der Waals surface area contributed by atoms with Crippen LogP contribution in [0, 0.1) is 0 Å². The molecule has 4 heteroatoms. The summed E-state index contributed by atoms with van der Waals surface area (Å²) in [6.07, 6.45) is 6.81. The summed E-state index contributed by atoms with van der Waals surface area (Å²) in [7, 11) is 0. The highest BCUT2D eigenvalue weighted by Gasteiger charge is 2.11. The van der Waals surface area contributed by atoms with Gasteiger partial charge in [-0.15, -0.1) is 0 Å². The minimum absolute atomic E-state index is 0.528. The zero-order chi connectivity index (χ0) is 11.9. The van der Waals surface area contributed by atoms with E-state index in [1.165, 1.54) is 19.3 Å². The smallest absolute Gasteiger partial charge is 0.129 e. The molecule has 0 amide bonds. The van der Waals surface area contributed by atoms with Crippen LogP contribution in [0.5, 0.6) is 0 Å². The van der Waals surface area contributed by atoms with Crippen molar-refractivity contribution in [2.75, 3.05) is 13.2 Å². The molecule has 17 heavy (non-hydrogen) atoms. The van der Waals surface area contributed by atoms with E-state index in [0.29, 0.717) is 17.8 Å². The quantitative estimate of drug-likeness (QED) is 0.648. The number of pyridine rings is 1. The summed E-state index contributed by atoms with van der Waals surface area (Å²) >= 11 is 5.71. The Hall–Kier alpha value is -0.640. The summed E-state index contributed by atoms with van der Waals surface area (Å²) in [4.78, 5) is 4.02. The van der Waals surface area contributed by atoms with E-state index in [0.717, 1.165) is 25.1 Å². The molecule has 2 heterocycles. The van der Waals surface area contributed by atoms with Gasteiger partial charge in [0.05, 0.1) is 6.61 Å². The van der Waals surface area contributed by atoms with Gasteiger partial charge in [-0.2, -0.15) is 0 Å². The van der Waals surface area contributed by atoms with E-state index >= 15 is 0 Å². The lowest BCUT2D eigenvalue weighted by Gasteiger charge is -2.23. The molecule has 0 spiro atoms. The average molecular weight is 255 g/mol. The van der Waals surface area contributed by atoms with Crippen LogP contribution in [0.1, 0.15) is 31.2 Å². The van der Waals surface area contributed by atoms with Gasteiger partial charge in [0.25, 0.3) is 0 Å². The predicted molar refractivity (Wildman–Crippen MR) is 69.2 cm³/mol. The molecule has 3 nitrogen and oxygen atoms in total. The molecule has 2 rings (SSSR count). The van der Waals surface area contributed by atoms with Gasteiger partial charge in [0.15, 0.2) is 0 Å². The lowest BCUT2D eigenvalue weighted by Crippen LogP contribution is -2.34. The number of rotatable bonds is 5. The first-order valence-corrected chi connectivity index (χ1v) is 6.64. The molecule has 1 saturated heterocycles. The van der Waals surface area contributed by atoms with Crippen molar-refractivity contribution >= 4 is 11.6 Å². The standard InChI is InChI=1S/C13H19ClN2O/c14-13-5-4-11(9-16-13)10-17-8-6-12-3-1-2-7-15-12/h4-5,9,12,15H,1-3,6-8,10H2/t12-/m0/s1. The lowest BCUT2D eigenvalue weighted by molar-refractivity contribution is 0.108. The number of nitrogens with zero attached hydrogens (tertiary/aromatic N) is 1. The van der Waals surface area contributed by atoms with Gasteiger partial charge in [0.1, 0.15) is 5.15 Å². The van der Waals surface area contributed by atoms with Crippen LogP contribution >= 0.6 is 11.6 Å². The number of aromatic nitrogens is 1. The lowest BCUT2D eigenvalue weighted by atomic mass is 10.0. The molecule has 1 fully saturated rings. The molecular formula is C13H19ClN2O. The second-order valence-corrected chi connectivity index (χ2v) is 4.86. The molecule has 1 aromatic heterocycles. The fraction of sp³-hybridized carbons (Fsp3) is 0.615. The Morgan fingerprint density at radius 3 is 3.06 bits per heavy atom. The Morgan fingerprint density at radius 1 is 1.41 bits per heavy atom. The molecular weight excluding hydrogens is 236 g/mol. The highest BCUT2D eigenvalue weighted by atomic mass is 35.5. The van der Waals surface area contributed by atoms with Gasteiger partial charge < -0.3 is 10.1 Å². The summed E-state index contributed by atoms with van der Waals surface area (Å²) in [5.74, 6) is 0. The fourth-order valence-corrected chi connectivity index (χ4v) is 2.19. The first-order valence-electron chi connectivity index (χ1n) is 6.26. The maximum Gasteiger partial charge on any atom is 0.129 e. The summed E-state index contributed by atoms with van der Waals surface area (Å²) < 4.78 is 5.64. The SMILES string of the molecule is Clc1ccc(COCC[C@@H]2CCCCN2)cn1. The van der Waals surface area contributed by atoms with Crippen LogP contribution in [0.2, 0.25) is 5.15 Å². The first kappa shape index (κ1) is 12.8. The number of hydrogen-bond acceptors (Lipinski definition) is 3. The van der Waals surface area contributed by atoms with Crippen LogP contribution in [0.15, 0.2) is 18.3 Å². The maximum absolute atomic E-state index is 5.71. The largest absolute Gasteiger partial charge is 0.377 e. The van der Waals surface area contributed by atoms with Crippen molar-refractivity contribution in [3.8, 4) is 0 Å². The van der Waals surface area contributed by atoms with Crippen molar-refractivity contribution < 1.29 is 4.74 Å². The van der Waals surface area contributed by atoms with Crippen molar-refractivity contribution in [2.24, 2.45) is 0 Å². The Bertz CT molecular complexity index is 323. The minimum atomic E-state index is 0.528. The van der Waals surface area contributed by atoms with Crippen molar-refractivity contribution in [1.82, 2.24) is 10.3 Å². The average Bonchev–Trinajstić information content (AvgIpc) is 2.38. The Kier molecular flexibility index (Phi) is 5.23. The third kappa shape index (κ3) is 4.62. The molecule has 0 radical (unpaired) electrons. The molecule has 1 atom stereocenters. The second-order valence-electron chi connectivity index (χ2n) is 4.48. The van der Waals surface area contributed by atoms with Gasteiger partial charge in [0.2, 0.25) is 0 Å². The van der Waals surface area contributed by atoms with Gasteiger partial charge >= 0.3 is 0 Å². The van der Waals surface area contributed by atoms with Gasteiger partial charge in [0, 0.05) is 18.8 Å². The van der Waals surface area contributed by atoms with Crippen LogP contribution in [-0.2, 0) is 11.3 Å². The van der Waals surface area contributed by atoms with E-state index in [2.05, 4.69) is 10.3 Å². The molecule has 1 aromatic rings. The van der Waals surface area contributed by atoms with E-state index in [1.54, 1.807) is 12.3 Å². The number of halogens is 1. The Morgan fingerprint density at radius 2 is 2.35 bits per heavy atom. The number of piperidine rings is 1. The normalized spacial score (nSPS) is 20.4. The van der Waals surface area contributed by atoms with Crippen molar-refractivity contribution in [3.63, 3.8) is 0 Å². The van der Waals surface area contributed by atoms with Crippen LogP contribution in [-0.4, -0.2) is 24.2 Å². The molecule has 0 unspecified atom stereocenters. The summed E-state index contributed by atoms with van der Waals surface area (Å²) in [6, 6.07) is 4.39. The molecule has 94 valence electrons. The minimum Gasteiger partial charge on any atom is -0.377 e. The van der Waals surface area contributed by atoms with Crippen LogP contribution in [0.25, 0.3) is 0 Å². The molecule has 0 aromatic carbocycles. The topological polar surface area (TPSA) is 34.1 Å². The third-order valence-electron chi connectivity index (χ3n) is 3.08. The summed E-state index contributed by atoms with van der Waals surface area (Å²) in [6.45, 7) is 2.59. The zero-order valence-electron chi connectivity index (χ0n) is 9.99. The molecule has 0 bridgehead atoms. The molecule has 0 aliphatic carbocycles. The Labute approximate surface area is 108 Å². The predicted octanol–water partition coefficient (Wildman–Crippen LogP) is 2.78. The van der Waals surface area contributed by atoms with Crippen LogP contribution < -0.4 is 5.32 Å². The fourth-order valence-electron chi connectivity index (χ4n) is 2.08. The second kappa shape index (κ2) is 6.94. The zero-order valence-corrected chi connectivity index (χ0v) is 10.7. The Balaban J connectivity index is 1.60. The maximum atomic E-state index is 5.71. The first-order chi connectivity index (χ1) is 8.34. The molecule has 1 N–H and O–H groups in total. The van der Waals surface area contributed by atoms with E-state index in [-0.39, 0.29) is 0 Å². The van der Waals surface area contributed by atoms with E-state index in [4.69, 9.17) is 16.3 Å². The van der Waals surface area contributed by atoms with Crippen LogP contribution in [0.3, 0.4) is 0 Å². The van der Waals surface area contributed by atoms with Gasteiger partial charge in [-0.25, -0.2) is 4.98 Å². The van der Waals surface area contributed by atoms with Gasteiger partial charge in [-0.3, -0.25) is 0 Å². The van der Waals surface area contributed by atoms with Gasteiger partial charge in [-0.05, 0) is 37.4 Å². The van der Waals surface area contributed by atoms with E-state index in [1.807, 2.05) is 6.07 Å². The molecule has 1 aliphatic heterocycles. The monoisotopic (exact) mass is 254 g/mol. The van der Waals surface area contributed by atoms with Crippen LogP contribution in [0.4, 0.5) is 0 Å². The molecule has 1 aliphatic rings. The van der Waals surface area contributed by atoms with Crippen molar-refractivity contribution in [3.05, 3.63) is 29.0 Å². The number of hydrogen-bond donors (Lipinski definition) is 1. The van der Waals surface area contributed by atoms with Gasteiger partial charge in [-0.1, -0.05) is 24.1 Å².